The minimum absolute atomic E-state index is 0.267. The van der Waals surface area contributed by atoms with E-state index in [-0.39, 0.29) is 6.03 Å². The van der Waals surface area contributed by atoms with Gasteiger partial charge in [-0.25, -0.2) is 9.78 Å². The van der Waals surface area contributed by atoms with Crippen molar-refractivity contribution in [1.29, 1.82) is 0 Å². The number of nitrogens with one attached hydrogen (secondary N) is 3. The number of hydrogen-bond acceptors (Lipinski definition) is 5. The van der Waals surface area contributed by atoms with Crippen LogP contribution >= 0.6 is 11.3 Å². The second-order valence-corrected chi connectivity index (χ2v) is 6.22. The monoisotopic (exact) mass is 331 g/mol. The summed E-state index contributed by atoms with van der Waals surface area (Å²) in [5, 5.41) is 11.5. The van der Waals surface area contributed by atoms with Gasteiger partial charge in [-0.3, -0.25) is 5.32 Å². The molecule has 0 radical (unpaired) electrons. The summed E-state index contributed by atoms with van der Waals surface area (Å²) in [5.41, 5.74) is 2.95. The quantitative estimate of drug-likeness (QED) is 0.806. The molecule has 0 spiro atoms. The number of nitrogens with zero attached hydrogens (tertiary/aromatic N) is 2. The normalized spacial score (nSPS) is 14.6. The van der Waals surface area contributed by atoms with Crippen molar-refractivity contribution in [2.45, 2.75) is 13.3 Å². The highest BCUT2D eigenvalue weighted by Gasteiger charge is 2.11. The number of aromatic nitrogens is 1. The Morgan fingerprint density at radius 2 is 2.00 bits per heavy atom. The maximum absolute atomic E-state index is 12.0. The number of hydrogen-bond donors (Lipinski definition) is 3. The predicted octanol–water partition coefficient (Wildman–Crippen LogP) is 2.76. The van der Waals surface area contributed by atoms with E-state index in [4.69, 9.17) is 0 Å². The molecule has 0 saturated carbocycles. The summed E-state index contributed by atoms with van der Waals surface area (Å²) in [4.78, 5) is 18.6. The van der Waals surface area contributed by atoms with Gasteiger partial charge in [0.25, 0.3) is 0 Å². The average molecular weight is 331 g/mol. The molecule has 2 amide bonds. The summed E-state index contributed by atoms with van der Waals surface area (Å²) >= 11 is 1.44. The molecule has 3 rings (SSSR count). The number of benzene rings is 1. The summed E-state index contributed by atoms with van der Waals surface area (Å²) in [5.74, 6) is 0. The van der Waals surface area contributed by atoms with Crippen molar-refractivity contribution < 1.29 is 4.79 Å². The Labute approximate surface area is 139 Å². The van der Waals surface area contributed by atoms with E-state index in [9.17, 15) is 4.79 Å². The van der Waals surface area contributed by atoms with Crippen LogP contribution in [0.1, 0.15) is 12.6 Å². The van der Waals surface area contributed by atoms with Crippen LogP contribution in [0.5, 0.6) is 0 Å². The molecule has 1 saturated heterocycles. The zero-order valence-corrected chi connectivity index (χ0v) is 13.9. The van der Waals surface area contributed by atoms with E-state index in [0.29, 0.717) is 5.13 Å². The van der Waals surface area contributed by atoms with Gasteiger partial charge in [-0.15, -0.1) is 11.3 Å². The molecular weight excluding hydrogens is 310 g/mol. The first-order valence-corrected chi connectivity index (χ1v) is 8.70. The third-order valence-corrected chi connectivity index (χ3v) is 4.55. The zero-order chi connectivity index (χ0) is 16.1. The van der Waals surface area contributed by atoms with Gasteiger partial charge in [0.15, 0.2) is 5.13 Å². The van der Waals surface area contributed by atoms with Gasteiger partial charge in [-0.1, -0.05) is 6.92 Å². The lowest BCUT2D eigenvalue weighted by Gasteiger charge is -2.29. The number of thiazole rings is 1. The van der Waals surface area contributed by atoms with Crippen molar-refractivity contribution in [3.63, 3.8) is 0 Å². The van der Waals surface area contributed by atoms with Gasteiger partial charge in [0.2, 0.25) is 0 Å². The third-order valence-electron chi connectivity index (χ3n) is 3.74. The molecule has 1 aliphatic rings. The fraction of sp³-hybridized carbons (Fsp3) is 0.375. The van der Waals surface area contributed by atoms with Gasteiger partial charge in [-0.05, 0) is 30.7 Å². The molecule has 1 aromatic carbocycles. The maximum atomic E-state index is 12.0. The standard InChI is InChI=1S/C16H21N5OS/c1-2-12-11-23-16(19-12)20-15(22)18-13-3-5-14(6-4-13)21-9-7-17-8-10-21/h3-6,11,17H,2,7-10H2,1H3,(H2,18,19,20,22). The van der Waals surface area contributed by atoms with Gasteiger partial charge in [0.05, 0.1) is 5.69 Å². The van der Waals surface area contributed by atoms with Crippen molar-refractivity contribution in [2.75, 3.05) is 41.7 Å². The molecule has 0 atom stereocenters. The van der Waals surface area contributed by atoms with Crippen molar-refractivity contribution in [1.82, 2.24) is 10.3 Å². The number of carbonyl (C=O) groups is 1. The van der Waals surface area contributed by atoms with Crippen molar-refractivity contribution in [2.24, 2.45) is 0 Å². The molecule has 122 valence electrons. The van der Waals surface area contributed by atoms with Crippen molar-refractivity contribution in [3.05, 3.63) is 35.3 Å². The Hall–Kier alpha value is -2.12. The first kappa shape index (κ1) is 15.8. The smallest absolute Gasteiger partial charge is 0.325 e. The molecule has 6 nitrogen and oxygen atoms in total. The lowest BCUT2D eigenvalue weighted by Crippen LogP contribution is -2.43. The largest absolute Gasteiger partial charge is 0.369 e. The molecule has 0 aliphatic carbocycles. The summed E-state index contributed by atoms with van der Waals surface area (Å²) in [7, 11) is 0. The van der Waals surface area contributed by atoms with Crippen LogP contribution in [0.25, 0.3) is 0 Å². The summed E-state index contributed by atoms with van der Waals surface area (Å²) in [6, 6.07) is 7.67. The highest BCUT2D eigenvalue weighted by molar-refractivity contribution is 7.13. The summed E-state index contributed by atoms with van der Waals surface area (Å²) in [6.07, 6.45) is 0.868. The Kier molecular flexibility index (Phi) is 5.09. The maximum Gasteiger partial charge on any atom is 0.325 e. The lowest BCUT2D eigenvalue weighted by molar-refractivity contribution is 0.262. The molecule has 0 bridgehead atoms. The zero-order valence-electron chi connectivity index (χ0n) is 13.1. The first-order valence-electron chi connectivity index (χ1n) is 7.83. The number of rotatable bonds is 4. The van der Waals surface area contributed by atoms with Crippen LogP contribution in [-0.4, -0.2) is 37.2 Å². The molecule has 3 N–H and O–H groups in total. The highest BCUT2D eigenvalue weighted by atomic mass is 32.1. The molecule has 23 heavy (non-hydrogen) atoms. The average Bonchev–Trinajstić information content (AvgIpc) is 3.04. The number of amides is 2. The third kappa shape index (κ3) is 4.20. The van der Waals surface area contributed by atoms with Crippen molar-refractivity contribution >= 4 is 33.9 Å². The molecule has 1 aliphatic heterocycles. The topological polar surface area (TPSA) is 69.3 Å². The highest BCUT2D eigenvalue weighted by Crippen LogP contribution is 2.19. The number of urea groups is 1. The SMILES string of the molecule is CCc1csc(NC(=O)Nc2ccc(N3CCNCC3)cc2)n1. The van der Waals surface area contributed by atoms with E-state index in [0.717, 1.165) is 44.0 Å². The van der Waals surface area contributed by atoms with Gasteiger partial charge in [0, 0.05) is 42.9 Å². The fourth-order valence-electron chi connectivity index (χ4n) is 2.46. The number of anilines is 3. The van der Waals surface area contributed by atoms with Crippen LogP contribution < -0.4 is 20.9 Å². The molecule has 7 heteroatoms. The molecule has 1 fully saturated rings. The van der Waals surface area contributed by atoms with Crippen LogP contribution in [0, 0.1) is 0 Å². The van der Waals surface area contributed by atoms with E-state index in [2.05, 4.69) is 25.8 Å². The van der Waals surface area contributed by atoms with E-state index in [1.165, 1.54) is 17.0 Å². The molecular formula is C16H21N5OS. The minimum atomic E-state index is -0.267. The first-order chi connectivity index (χ1) is 11.2. The Morgan fingerprint density at radius 1 is 1.26 bits per heavy atom. The van der Waals surface area contributed by atoms with E-state index < -0.39 is 0 Å². The van der Waals surface area contributed by atoms with Crippen LogP contribution in [0.2, 0.25) is 0 Å². The van der Waals surface area contributed by atoms with Crippen LogP contribution in [0.15, 0.2) is 29.6 Å². The number of carbonyl (C=O) groups excluding carboxylic acids is 1. The predicted molar refractivity (Wildman–Crippen MR) is 95.7 cm³/mol. The molecule has 2 heterocycles. The Balaban J connectivity index is 1.55. The second-order valence-electron chi connectivity index (χ2n) is 5.36. The van der Waals surface area contributed by atoms with E-state index in [1.807, 2.05) is 36.6 Å². The summed E-state index contributed by atoms with van der Waals surface area (Å²) < 4.78 is 0. The Morgan fingerprint density at radius 3 is 2.65 bits per heavy atom. The molecule has 0 unspecified atom stereocenters. The van der Waals surface area contributed by atoms with Gasteiger partial charge in [0.1, 0.15) is 0 Å². The number of piperazine rings is 1. The minimum Gasteiger partial charge on any atom is -0.369 e. The molecule has 1 aromatic heterocycles. The van der Waals surface area contributed by atoms with Crippen molar-refractivity contribution in [3.8, 4) is 0 Å². The second kappa shape index (κ2) is 7.43. The van der Waals surface area contributed by atoms with E-state index in [1.54, 1.807) is 0 Å². The van der Waals surface area contributed by atoms with Crippen LogP contribution in [0.3, 0.4) is 0 Å². The van der Waals surface area contributed by atoms with Crippen LogP contribution in [-0.2, 0) is 6.42 Å². The summed E-state index contributed by atoms with van der Waals surface area (Å²) in [6.45, 7) is 6.08. The number of aryl methyl sites for hydroxylation is 1. The lowest BCUT2D eigenvalue weighted by atomic mass is 10.2. The van der Waals surface area contributed by atoms with E-state index >= 15 is 0 Å². The van der Waals surface area contributed by atoms with Gasteiger partial charge < -0.3 is 15.5 Å². The van der Waals surface area contributed by atoms with Gasteiger partial charge in [-0.2, -0.15) is 0 Å². The Bertz CT molecular complexity index is 649. The fourth-order valence-corrected chi connectivity index (χ4v) is 3.25. The van der Waals surface area contributed by atoms with Gasteiger partial charge >= 0.3 is 6.03 Å². The van der Waals surface area contributed by atoms with Crippen LogP contribution in [0.4, 0.5) is 21.3 Å². The molecule has 2 aromatic rings.